The minimum absolute atomic E-state index is 0. The molecule has 24 heavy (non-hydrogen) atoms. The number of halogens is 2. The van der Waals surface area contributed by atoms with Gasteiger partial charge in [0.2, 0.25) is 0 Å². The minimum atomic E-state index is -0.464. The molecule has 1 aliphatic carbocycles. The summed E-state index contributed by atoms with van der Waals surface area (Å²) in [6.45, 7) is 2.86. The third-order valence-corrected chi connectivity index (χ3v) is 5.88. The largest absolute Gasteiger partial charge is 0.316 e. The average Bonchev–Trinajstić information content (AvgIpc) is 3.28. The zero-order valence-electron chi connectivity index (χ0n) is 13.6. The molecule has 1 N–H and O–H groups in total. The second-order valence-electron chi connectivity index (χ2n) is 6.96. The molecule has 1 atom stereocenters. The number of aliphatic imine (C=N–C) groups is 1. The summed E-state index contributed by atoms with van der Waals surface area (Å²) in [5.74, 6) is 1.66. The first-order valence-corrected chi connectivity index (χ1v) is 9.36. The number of amidine groups is 1. The number of carbonyl (C=O) groups is 1. The Bertz CT molecular complexity index is 634. The summed E-state index contributed by atoms with van der Waals surface area (Å²) in [5, 5.41) is 3.40. The number of rotatable bonds is 3. The molecule has 0 radical (unpaired) electrons. The lowest BCUT2D eigenvalue weighted by molar-refractivity contribution is -0.131. The fraction of sp³-hybridized carbons (Fsp3) is 0.556. The van der Waals surface area contributed by atoms with E-state index in [0.29, 0.717) is 5.92 Å². The molecule has 1 aromatic carbocycles. The van der Waals surface area contributed by atoms with Crippen LogP contribution in [0.4, 0.5) is 0 Å². The number of nitrogens with zero attached hydrogens (tertiary/aromatic N) is 2. The average molecular weight is 413 g/mol. The van der Waals surface area contributed by atoms with E-state index in [1.165, 1.54) is 0 Å². The molecule has 4 nitrogen and oxygen atoms in total. The number of amides is 1. The van der Waals surface area contributed by atoms with Crippen LogP contribution in [0.5, 0.6) is 0 Å². The predicted molar refractivity (Wildman–Crippen MR) is 102 cm³/mol. The van der Waals surface area contributed by atoms with Crippen molar-refractivity contribution in [2.45, 2.75) is 37.6 Å². The van der Waals surface area contributed by atoms with E-state index in [-0.39, 0.29) is 18.3 Å². The Kier molecular flexibility index (Phi) is 5.33. The van der Waals surface area contributed by atoms with Gasteiger partial charge in [0.15, 0.2) is 0 Å². The Morgan fingerprint density at radius 3 is 2.58 bits per heavy atom. The van der Waals surface area contributed by atoms with Gasteiger partial charge in [-0.1, -0.05) is 40.9 Å². The van der Waals surface area contributed by atoms with Gasteiger partial charge in [-0.3, -0.25) is 14.7 Å². The third kappa shape index (κ3) is 3.14. The first-order chi connectivity index (χ1) is 11.2. The molecule has 4 rings (SSSR count). The van der Waals surface area contributed by atoms with Gasteiger partial charge < -0.3 is 5.32 Å². The standard InChI is InChI=1S/C18H22BrN3O.ClH/c19-15-5-3-14(4-6-15)16-21-18(8-1-2-9-18)17(23)22(16)12-13-7-10-20-11-13;/h3-6,13,20H,1-2,7-12H2;1H/t13-;/m1./s1. The molecule has 130 valence electrons. The number of hydrogen-bond donors (Lipinski definition) is 1. The summed E-state index contributed by atoms with van der Waals surface area (Å²) in [5.41, 5.74) is 0.588. The van der Waals surface area contributed by atoms with Crippen LogP contribution in [0.3, 0.4) is 0 Å². The lowest BCUT2D eigenvalue weighted by atomic mass is 9.97. The molecule has 2 aliphatic heterocycles. The molecular weight excluding hydrogens is 390 g/mol. The second-order valence-corrected chi connectivity index (χ2v) is 7.87. The number of benzene rings is 1. The Balaban J connectivity index is 0.00000169. The summed E-state index contributed by atoms with van der Waals surface area (Å²) in [7, 11) is 0. The SMILES string of the molecule is Cl.O=C1N(C[C@@H]2CCNC2)C(c2ccc(Br)cc2)=NC12CCCC2. The molecule has 1 saturated heterocycles. The summed E-state index contributed by atoms with van der Waals surface area (Å²) >= 11 is 3.48. The molecule has 2 fully saturated rings. The van der Waals surface area contributed by atoms with Crippen LogP contribution in [0.15, 0.2) is 33.7 Å². The lowest BCUT2D eigenvalue weighted by Gasteiger charge is -2.25. The Morgan fingerprint density at radius 1 is 1.25 bits per heavy atom. The molecule has 2 heterocycles. The van der Waals surface area contributed by atoms with Gasteiger partial charge in [0.25, 0.3) is 5.91 Å². The van der Waals surface area contributed by atoms with E-state index in [1.807, 2.05) is 17.0 Å². The highest BCUT2D eigenvalue weighted by Crippen LogP contribution is 2.40. The van der Waals surface area contributed by atoms with Crippen LogP contribution in [-0.2, 0) is 4.79 Å². The molecule has 6 heteroatoms. The van der Waals surface area contributed by atoms with Gasteiger partial charge >= 0.3 is 0 Å². The molecule has 0 aromatic heterocycles. The highest BCUT2D eigenvalue weighted by molar-refractivity contribution is 9.10. The van der Waals surface area contributed by atoms with Crippen LogP contribution in [-0.4, -0.2) is 41.8 Å². The first kappa shape index (κ1) is 17.9. The van der Waals surface area contributed by atoms with Crippen molar-refractivity contribution in [2.24, 2.45) is 10.9 Å². The zero-order chi connectivity index (χ0) is 15.9. The Morgan fingerprint density at radius 2 is 1.96 bits per heavy atom. The van der Waals surface area contributed by atoms with Gasteiger partial charge in [0.1, 0.15) is 11.4 Å². The van der Waals surface area contributed by atoms with E-state index in [2.05, 4.69) is 33.4 Å². The smallest absolute Gasteiger partial charge is 0.256 e. The van der Waals surface area contributed by atoms with E-state index >= 15 is 0 Å². The van der Waals surface area contributed by atoms with Crippen molar-refractivity contribution < 1.29 is 4.79 Å². The molecule has 1 saturated carbocycles. The summed E-state index contributed by atoms with van der Waals surface area (Å²) < 4.78 is 1.05. The van der Waals surface area contributed by atoms with E-state index in [1.54, 1.807) is 0 Å². The Labute approximate surface area is 157 Å². The molecule has 1 amide bonds. The van der Waals surface area contributed by atoms with Crippen LogP contribution in [0.2, 0.25) is 0 Å². The normalized spacial score (nSPS) is 25.2. The molecule has 0 bridgehead atoms. The minimum Gasteiger partial charge on any atom is -0.316 e. The number of nitrogens with one attached hydrogen (secondary N) is 1. The van der Waals surface area contributed by atoms with Crippen LogP contribution < -0.4 is 5.32 Å². The van der Waals surface area contributed by atoms with Gasteiger partial charge in [0.05, 0.1) is 0 Å². The van der Waals surface area contributed by atoms with Gasteiger partial charge in [0, 0.05) is 16.6 Å². The van der Waals surface area contributed by atoms with Crippen molar-refractivity contribution in [1.82, 2.24) is 10.2 Å². The highest BCUT2D eigenvalue weighted by Gasteiger charge is 2.50. The van der Waals surface area contributed by atoms with Crippen LogP contribution in [0.25, 0.3) is 0 Å². The van der Waals surface area contributed by atoms with Crippen molar-refractivity contribution in [3.05, 3.63) is 34.3 Å². The van der Waals surface area contributed by atoms with Gasteiger partial charge in [-0.05, 0) is 50.4 Å². The number of carbonyl (C=O) groups excluding carboxylic acids is 1. The molecule has 1 aromatic rings. The topological polar surface area (TPSA) is 44.7 Å². The molecule has 1 spiro atoms. The second kappa shape index (κ2) is 7.14. The van der Waals surface area contributed by atoms with Crippen molar-refractivity contribution in [1.29, 1.82) is 0 Å². The van der Waals surface area contributed by atoms with Crippen LogP contribution in [0.1, 0.15) is 37.7 Å². The summed E-state index contributed by atoms with van der Waals surface area (Å²) in [4.78, 5) is 20.1. The van der Waals surface area contributed by atoms with Gasteiger partial charge in [-0.2, -0.15) is 0 Å². The van der Waals surface area contributed by atoms with Crippen molar-refractivity contribution in [3.8, 4) is 0 Å². The monoisotopic (exact) mass is 411 g/mol. The van der Waals surface area contributed by atoms with E-state index in [4.69, 9.17) is 4.99 Å². The predicted octanol–water partition coefficient (Wildman–Crippen LogP) is 3.38. The fourth-order valence-electron chi connectivity index (χ4n) is 4.06. The van der Waals surface area contributed by atoms with Crippen LogP contribution in [0, 0.1) is 5.92 Å². The quantitative estimate of drug-likeness (QED) is 0.827. The molecular formula is C18H23BrClN3O. The first-order valence-electron chi connectivity index (χ1n) is 8.56. The fourth-order valence-corrected chi connectivity index (χ4v) is 4.33. The zero-order valence-corrected chi connectivity index (χ0v) is 16.0. The molecule has 0 unspecified atom stereocenters. The van der Waals surface area contributed by atoms with E-state index < -0.39 is 5.54 Å². The third-order valence-electron chi connectivity index (χ3n) is 5.36. The Hall–Kier alpha value is -0.910. The lowest BCUT2D eigenvalue weighted by Crippen LogP contribution is -2.43. The van der Waals surface area contributed by atoms with Gasteiger partial charge in [-0.25, -0.2) is 0 Å². The summed E-state index contributed by atoms with van der Waals surface area (Å²) in [6, 6.07) is 8.17. The summed E-state index contributed by atoms with van der Waals surface area (Å²) in [6.07, 6.45) is 5.18. The van der Waals surface area contributed by atoms with Crippen molar-refractivity contribution in [2.75, 3.05) is 19.6 Å². The van der Waals surface area contributed by atoms with E-state index in [0.717, 1.165) is 67.6 Å². The van der Waals surface area contributed by atoms with Crippen molar-refractivity contribution in [3.63, 3.8) is 0 Å². The maximum Gasteiger partial charge on any atom is 0.256 e. The van der Waals surface area contributed by atoms with Gasteiger partial charge in [-0.15, -0.1) is 12.4 Å². The van der Waals surface area contributed by atoms with Crippen LogP contribution >= 0.6 is 28.3 Å². The number of hydrogen-bond acceptors (Lipinski definition) is 3. The van der Waals surface area contributed by atoms with Crippen molar-refractivity contribution >= 4 is 40.1 Å². The molecule has 3 aliphatic rings. The highest BCUT2D eigenvalue weighted by atomic mass is 79.9. The maximum absolute atomic E-state index is 13.1. The maximum atomic E-state index is 13.1. The van der Waals surface area contributed by atoms with E-state index in [9.17, 15) is 4.79 Å².